The average molecular weight is 201 g/mol. The van der Waals surface area contributed by atoms with E-state index in [9.17, 15) is 4.79 Å². The molecular weight excluding hydrogens is 192 g/mol. The van der Waals surface area contributed by atoms with Crippen LogP contribution in [0, 0.1) is 0 Å². The molecule has 0 saturated carbocycles. The van der Waals surface area contributed by atoms with Crippen LogP contribution in [0.4, 0.5) is 0 Å². The van der Waals surface area contributed by atoms with Crippen molar-refractivity contribution in [1.82, 2.24) is 10.3 Å². The number of aromatic nitrogens is 1. The van der Waals surface area contributed by atoms with Crippen molar-refractivity contribution in [3.8, 4) is 0 Å². The minimum Gasteiger partial charge on any atom is -0.480 e. The van der Waals surface area contributed by atoms with Gasteiger partial charge in [-0.25, -0.2) is 4.98 Å². The normalized spacial score (nSPS) is 9.92. The number of nitrogens with zero attached hydrogens (tertiary/aromatic N) is 1. The first-order chi connectivity index (χ1) is 6.18. The third-order valence-electron chi connectivity index (χ3n) is 1.40. The summed E-state index contributed by atoms with van der Waals surface area (Å²) in [5.74, 6) is -0.875. The van der Waals surface area contributed by atoms with Crippen LogP contribution >= 0.6 is 11.6 Å². The molecule has 0 amide bonds. The third kappa shape index (κ3) is 3.87. The first kappa shape index (κ1) is 9.95. The van der Waals surface area contributed by atoms with Gasteiger partial charge < -0.3 is 10.4 Å². The molecular formula is C8H9ClN2O2. The van der Waals surface area contributed by atoms with Crippen molar-refractivity contribution < 1.29 is 9.90 Å². The summed E-state index contributed by atoms with van der Waals surface area (Å²) in [5, 5.41) is 11.5. The van der Waals surface area contributed by atoms with Gasteiger partial charge in [-0.05, 0) is 17.7 Å². The van der Waals surface area contributed by atoms with Crippen LogP contribution in [0.3, 0.4) is 0 Å². The van der Waals surface area contributed by atoms with Crippen molar-refractivity contribution in [3.05, 3.63) is 29.0 Å². The van der Waals surface area contributed by atoms with E-state index in [-0.39, 0.29) is 6.54 Å². The summed E-state index contributed by atoms with van der Waals surface area (Å²) >= 11 is 5.63. The van der Waals surface area contributed by atoms with E-state index in [1.165, 1.54) is 0 Å². The average Bonchev–Trinajstić information content (AvgIpc) is 2.03. The molecule has 0 aliphatic heterocycles. The number of carboxylic acid groups (broad SMARTS) is 1. The summed E-state index contributed by atoms with van der Waals surface area (Å²) in [6.45, 7) is 0.425. The van der Waals surface area contributed by atoms with Crippen LogP contribution in [0.2, 0.25) is 5.15 Å². The summed E-state index contributed by atoms with van der Waals surface area (Å²) < 4.78 is 0. The molecule has 0 radical (unpaired) electrons. The van der Waals surface area contributed by atoms with Gasteiger partial charge in [-0.1, -0.05) is 11.6 Å². The molecule has 0 aliphatic rings. The predicted octanol–water partition coefficient (Wildman–Crippen LogP) is 0.909. The number of halogens is 1. The van der Waals surface area contributed by atoms with Gasteiger partial charge >= 0.3 is 5.97 Å². The second-order valence-corrected chi connectivity index (χ2v) is 2.87. The minimum absolute atomic E-state index is 0.0556. The zero-order valence-electron chi connectivity index (χ0n) is 6.83. The number of rotatable bonds is 4. The molecule has 5 heteroatoms. The molecule has 4 nitrogen and oxygen atoms in total. The molecule has 0 spiro atoms. The monoisotopic (exact) mass is 200 g/mol. The van der Waals surface area contributed by atoms with Crippen molar-refractivity contribution in [2.75, 3.05) is 6.54 Å². The van der Waals surface area contributed by atoms with Crippen LogP contribution in [-0.4, -0.2) is 22.6 Å². The van der Waals surface area contributed by atoms with E-state index < -0.39 is 5.97 Å². The zero-order chi connectivity index (χ0) is 9.68. The molecule has 0 aromatic carbocycles. The molecule has 0 fully saturated rings. The molecule has 1 aromatic heterocycles. The van der Waals surface area contributed by atoms with Gasteiger partial charge in [-0.2, -0.15) is 0 Å². The summed E-state index contributed by atoms with van der Waals surface area (Å²) in [6, 6.07) is 3.47. The summed E-state index contributed by atoms with van der Waals surface area (Å²) in [5.41, 5.74) is 0.918. The number of carbonyl (C=O) groups is 1. The van der Waals surface area contributed by atoms with Crippen molar-refractivity contribution >= 4 is 17.6 Å². The molecule has 1 rings (SSSR count). The fourth-order valence-corrected chi connectivity index (χ4v) is 1.06. The second kappa shape index (κ2) is 4.79. The van der Waals surface area contributed by atoms with Crippen molar-refractivity contribution in [2.45, 2.75) is 6.54 Å². The van der Waals surface area contributed by atoms with Crippen LogP contribution in [0.5, 0.6) is 0 Å². The number of nitrogens with one attached hydrogen (secondary N) is 1. The van der Waals surface area contributed by atoms with Gasteiger partial charge in [0, 0.05) is 12.7 Å². The Morgan fingerprint density at radius 3 is 3.08 bits per heavy atom. The van der Waals surface area contributed by atoms with E-state index in [1.54, 1.807) is 18.3 Å². The molecule has 0 atom stereocenters. The molecule has 1 aromatic rings. The molecule has 13 heavy (non-hydrogen) atoms. The highest BCUT2D eigenvalue weighted by Crippen LogP contribution is 2.06. The molecule has 0 saturated heterocycles. The van der Waals surface area contributed by atoms with Crippen molar-refractivity contribution in [1.29, 1.82) is 0 Å². The Bertz CT molecular complexity index is 304. The number of pyridine rings is 1. The van der Waals surface area contributed by atoms with Crippen LogP contribution < -0.4 is 5.32 Å². The number of carboxylic acids is 1. The van der Waals surface area contributed by atoms with Crippen LogP contribution in [0.25, 0.3) is 0 Å². The second-order valence-electron chi connectivity index (χ2n) is 2.48. The highest BCUT2D eigenvalue weighted by Gasteiger charge is 1.97. The zero-order valence-corrected chi connectivity index (χ0v) is 7.58. The summed E-state index contributed by atoms with van der Waals surface area (Å²) in [7, 11) is 0. The fraction of sp³-hybridized carbons (Fsp3) is 0.250. The maximum atomic E-state index is 10.2. The van der Waals surface area contributed by atoms with Gasteiger partial charge in [0.2, 0.25) is 0 Å². The Labute approximate surface area is 80.6 Å². The van der Waals surface area contributed by atoms with E-state index in [4.69, 9.17) is 16.7 Å². The molecule has 2 N–H and O–H groups in total. The Kier molecular flexibility index (Phi) is 3.67. The lowest BCUT2D eigenvalue weighted by atomic mass is 10.3. The SMILES string of the molecule is O=C(O)CNCc1ccnc(Cl)c1. The lowest BCUT2D eigenvalue weighted by molar-refractivity contribution is -0.135. The van der Waals surface area contributed by atoms with Gasteiger partial charge in [0.1, 0.15) is 5.15 Å². The Morgan fingerprint density at radius 2 is 2.46 bits per heavy atom. The Morgan fingerprint density at radius 1 is 1.69 bits per heavy atom. The van der Waals surface area contributed by atoms with Gasteiger partial charge in [0.05, 0.1) is 6.54 Å². The predicted molar refractivity (Wildman–Crippen MR) is 48.6 cm³/mol. The van der Waals surface area contributed by atoms with Crippen molar-refractivity contribution in [2.24, 2.45) is 0 Å². The lowest BCUT2D eigenvalue weighted by Crippen LogP contribution is -2.21. The Balaban J connectivity index is 2.41. The smallest absolute Gasteiger partial charge is 0.317 e. The number of hydrogen-bond donors (Lipinski definition) is 2. The van der Waals surface area contributed by atoms with Crippen LogP contribution in [-0.2, 0) is 11.3 Å². The van der Waals surface area contributed by atoms with E-state index >= 15 is 0 Å². The van der Waals surface area contributed by atoms with E-state index in [2.05, 4.69) is 10.3 Å². The van der Waals surface area contributed by atoms with E-state index in [1.807, 2.05) is 0 Å². The number of hydrogen-bond acceptors (Lipinski definition) is 3. The Hall–Kier alpha value is -1.13. The molecule has 70 valence electrons. The first-order valence-electron chi connectivity index (χ1n) is 3.71. The highest BCUT2D eigenvalue weighted by molar-refractivity contribution is 6.29. The maximum absolute atomic E-state index is 10.2. The molecule has 0 bridgehead atoms. The van der Waals surface area contributed by atoms with Gasteiger partial charge in [0.15, 0.2) is 0 Å². The highest BCUT2D eigenvalue weighted by atomic mass is 35.5. The molecule has 1 heterocycles. The van der Waals surface area contributed by atoms with Crippen molar-refractivity contribution in [3.63, 3.8) is 0 Å². The maximum Gasteiger partial charge on any atom is 0.317 e. The standard InChI is InChI=1S/C8H9ClN2O2/c9-7-3-6(1-2-11-7)4-10-5-8(12)13/h1-3,10H,4-5H2,(H,12,13). The molecule has 0 unspecified atom stereocenters. The van der Waals surface area contributed by atoms with Crippen LogP contribution in [0.15, 0.2) is 18.3 Å². The first-order valence-corrected chi connectivity index (χ1v) is 4.09. The van der Waals surface area contributed by atoms with Crippen LogP contribution in [0.1, 0.15) is 5.56 Å². The largest absolute Gasteiger partial charge is 0.480 e. The lowest BCUT2D eigenvalue weighted by Gasteiger charge is -2.01. The van der Waals surface area contributed by atoms with Gasteiger partial charge in [-0.15, -0.1) is 0 Å². The quantitative estimate of drug-likeness (QED) is 0.710. The molecule has 0 aliphatic carbocycles. The van der Waals surface area contributed by atoms with Gasteiger partial charge in [-0.3, -0.25) is 4.79 Å². The third-order valence-corrected chi connectivity index (χ3v) is 1.60. The van der Waals surface area contributed by atoms with E-state index in [0.29, 0.717) is 11.7 Å². The van der Waals surface area contributed by atoms with E-state index in [0.717, 1.165) is 5.56 Å². The fourth-order valence-electron chi connectivity index (χ4n) is 0.866. The summed E-state index contributed by atoms with van der Waals surface area (Å²) in [4.78, 5) is 14.0. The topological polar surface area (TPSA) is 62.2 Å². The number of aliphatic carboxylic acids is 1. The minimum atomic E-state index is -0.875. The summed E-state index contributed by atoms with van der Waals surface area (Å²) in [6.07, 6.45) is 1.58. The van der Waals surface area contributed by atoms with Gasteiger partial charge in [0.25, 0.3) is 0 Å².